The van der Waals surface area contributed by atoms with Crippen molar-refractivity contribution in [2.24, 2.45) is 0 Å². The maximum Gasteiger partial charge on any atom is 0.339 e. The van der Waals surface area contributed by atoms with Crippen LogP contribution in [0.5, 0.6) is 0 Å². The Labute approximate surface area is 140 Å². The van der Waals surface area contributed by atoms with E-state index in [9.17, 15) is 9.59 Å². The normalized spacial score (nSPS) is 10.7. The fourth-order valence-corrected chi connectivity index (χ4v) is 3.60. The third-order valence-electron chi connectivity index (χ3n) is 3.16. The number of rotatable bonds is 4. The van der Waals surface area contributed by atoms with Crippen LogP contribution in [-0.4, -0.2) is 27.2 Å². The average molecular weight is 347 g/mol. The molecule has 3 aromatic rings. The standard InChI is InChI=1S/C15H13N3O3S2/c1-8-6-10(9(2)22-8)15(20)21-7-13(19)16-11-4-3-5-12-14(11)18-23-17-12/h3-6H,7H2,1-2H3,(H,16,19). The molecular formula is C15H13N3O3S2. The van der Waals surface area contributed by atoms with Crippen LogP contribution in [0.25, 0.3) is 11.0 Å². The maximum absolute atomic E-state index is 12.0. The molecule has 2 heterocycles. The van der Waals surface area contributed by atoms with Crippen molar-refractivity contribution in [3.63, 3.8) is 0 Å². The van der Waals surface area contributed by atoms with Gasteiger partial charge in [0.05, 0.1) is 23.0 Å². The minimum absolute atomic E-state index is 0.346. The first-order valence-electron chi connectivity index (χ1n) is 6.80. The van der Waals surface area contributed by atoms with Crippen molar-refractivity contribution in [1.29, 1.82) is 0 Å². The van der Waals surface area contributed by atoms with E-state index in [1.165, 1.54) is 11.3 Å². The van der Waals surface area contributed by atoms with Gasteiger partial charge in [-0.25, -0.2) is 4.79 Å². The summed E-state index contributed by atoms with van der Waals surface area (Å²) in [5.74, 6) is -0.904. The number of carbonyl (C=O) groups is 2. The lowest BCUT2D eigenvalue weighted by Gasteiger charge is -2.06. The zero-order valence-electron chi connectivity index (χ0n) is 12.5. The van der Waals surface area contributed by atoms with Gasteiger partial charge in [-0.05, 0) is 32.0 Å². The van der Waals surface area contributed by atoms with Gasteiger partial charge in [0.2, 0.25) is 0 Å². The second-order valence-corrected chi connectivity index (χ2v) is 6.88. The number of fused-ring (bicyclic) bond motifs is 1. The largest absolute Gasteiger partial charge is 0.452 e. The molecule has 8 heteroatoms. The minimum Gasteiger partial charge on any atom is -0.452 e. The van der Waals surface area contributed by atoms with Gasteiger partial charge in [-0.2, -0.15) is 8.75 Å². The summed E-state index contributed by atoms with van der Waals surface area (Å²) >= 11 is 2.60. The Morgan fingerprint density at radius 2 is 2.09 bits per heavy atom. The van der Waals surface area contributed by atoms with Gasteiger partial charge in [0.15, 0.2) is 6.61 Å². The molecule has 0 bridgehead atoms. The number of ether oxygens (including phenoxy) is 1. The first-order chi connectivity index (χ1) is 11.0. The minimum atomic E-state index is -0.490. The number of carbonyl (C=O) groups excluding carboxylic acids is 2. The van der Waals surface area contributed by atoms with Crippen LogP contribution < -0.4 is 5.32 Å². The Kier molecular flexibility index (Phi) is 4.35. The molecule has 1 amide bonds. The van der Waals surface area contributed by atoms with E-state index in [1.54, 1.807) is 18.2 Å². The summed E-state index contributed by atoms with van der Waals surface area (Å²) in [4.78, 5) is 25.9. The van der Waals surface area contributed by atoms with E-state index in [0.717, 1.165) is 21.5 Å². The molecule has 118 valence electrons. The van der Waals surface area contributed by atoms with E-state index in [0.29, 0.717) is 22.3 Å². The predicted octanol–water partition coefficient (Wildman–Crippen LogP) is 3.17. The van der Waals surface area contributed by atoms with Gasteiger partial charge < -0.3 is 10.1 Å². The molecule has 3 rings (SSSR count). The molecule has 0 aliphatic rings. The fourth-order valence-electron chi connectivity index (χ4n) is 2.14. The Morgan fingerprint density at radius 3 is 2.83 bits per heavy atom. The number of esters is 1. The second kappa shape index (κ2) is 6.43. The average Bonchev–Trinajstić information content (AvgIpc) is 3.11. The topological polar surface area (TPSA) is 81.2 Å². The number of thiophene rings is 1. The van der Waals surface area contributed by atoms with E-state index >= 15 is 0 Å². The molecule has 0 aliphatic carbocycles. The number of nitrogens with zero attached hydrogens (tertiary/aromatic N) is 2. The highest BCUT2D eigenvalue weighted by molar-refractivity contribution is 7.12. The molecule has 0 spiro atoms. The second-order valence-electron chi connectivity index (χ2n) is 4.89. The lowest BCUT2D eigenvalue weighted by atomic mass is 10.2. The van der Waals surface area contributed by atoms with Crippen LogP contribution in [0.15, 0.2) is 24.3 Å². The van der Waals surface area contributed by atoms with Crippen LogP contribution in [0.4, 0.5) is 5.69 Å². The monoisotopic (exact) mass is 347 g/mol. The lowest BCUT2D eigenvalue weighted by molar-refractivity contribution is -0.119. The number of nitrogens with one attached hydrogen (secondary N) is 1. The SMILES string of the molecule is Cc1cc(C(=O)OCC(=O)Nc2cccc3nsnc23)c(C)s1. The number of anilines is 1. The maximum atomic E-state index is 12.0. The number of aromatic nitrogens is 2. The van der Waals surface area contributed by atoms with Gasteiger partial charge in [0, 0.05) is 9.75 Å². The highest BCUT2D eigenvalue weighted by atomic mass is 32.1. The van der Waals surface area contributed by atoms with E-state index < -0.39 is 11.9 Å². The highest BCUT2D eigenvalue weighted by Gasteiger charge is 2.15. The Hall–Kier alpha value is -2.32. The summed E-state index contributed by atoms with van der Waals surface area (Å²) in [5, 5.41) is 2.69. The molecule has 0 atom stereocenters. The lowest BCUT2D eigenvalue weighted by Crippen LogP contribution is -2.21. The zero-order chi connectivity index (χ0) is 16.4. The first kappa shape index (κ1) is 15.6. The Bertz CT molecular complexity index is 885. The molecule has 0 radical (unpaired) electrons. The number of amides is 1. The van der Waals surface area contributed by atoms with E-state index in [2.05, 4.69) is 14.1 Å². The summed E-state index contributed by atoms with van der Waals surface area (Å²) in [7, 11) is 0. The van der Waals surface area contributed by atoms with Gasteiger partial charge in [0.25, 0.3) is 5.91 Å². The van der Waals surface area contributed by atoms with Gasteiger partial charge in [-0.3, -0.25) is 4.79 Å². The smallest absolute Gasteiger partial charge is 0.339 e. The van der Waals surface area contributed by atoms with Crippen LogP contribution in [0.2, 0.25) is 0 Å². The van der Waals surface area contributed by atoms with Crippen LogP contribution in [-0.2, 0) is 9.53 Å². The van der Waals surface area contributed by atoms with Crippen molar-refractivity contribution in [3.05, 3.63) is 39.6 Å². The summed E-state index contributed by atoms with van der Waals surface area (Å²) in [5.41, 5.74) is 2.40. The predicted molar refractivity (Wildman–Crippen MR) is 90.1 cm³/mol. The summed E-state index contributed by atoms with van der Waals surface area (Å²) in [6.07, 6.45) is 0. The van der Waals surface area contributed by atoms with Crippen molar-refractivity contribution in [2.75, 3.05) is 11.9 Å². The Morgan fingerprint density at radius 1 is 1.26 bits per heavy atom. The van der Waals surface area contributed by atoms with Gasteiger partial charge in [-0.15, -0.1) is 11.3 Å². The van der Waals surface area contributed by atoms with Crippen LogP contribution >= 0.6 is 23.1 Å². The molecule has 0 aliphatic heterocycles. The number of benzene rings is 1. The molecule has 0 unspecified atom stereocenters. The van der Waals surface area contributed by atoms with Crippen molar-refractivity contribution in [3.8, 4) is 0 Å². The number of hydrogen-bond acceptors (Lipinski definition) is 7. The molecule has 23 heavy (non-hydrogen) atoms. The molecular weight excluding hydrogens is 334 g/mol. The molecule has 0 saturated carbocycles. The third-order valence-corrected chi connectivity index (χ3v) is 4.66. The van der Waals surface area contributed by atoms with Crippen molar-refractivity contribution in [1.82, 2.24) is 8.75 Å². The van der Waals surface area contributed by atoms with Crippen molar-refractivity contribution >= 4 is 51.7 Å². The molecule has 0 fully saturated rings. The Balaban J connectivity index is 1.63. The van der Waals surface area contributed by atoms with Gasteiger partial charge >= 0.3 is 5.97 Å². The molecule has 6 nitrogen and oxygen atoms in total. The quantitative estimate of drug-likeness (QED) is 0.733. The van der Waals surface area contributed by atoms with E-state index in [4.69, 9.17) is 4.74 Å². The zero-order valence-corrected chi connectivity index (χ0v) is 14.1. The molecule has 1 aromatic carbocycles. The van der Waals surface area contributed by atoms with Gasteiger partial charge in [0.1, 0.15) is 11.0 Å². The van der Waals surface area contributed by atoms with Crippen LogP contribution in [0.3, 0.4) is 0 Å². The van der Waals surface area contributed by atoms with Gasteiger partial charge in [-0.1, -0.05) is 6.07 Å². The summed E-state index contributed by atoms with van der Waals surface area (Å²) in [6.45, 7) is 3.43. The van der Waals surface area contributed by atoms with Crippen molar-refractivity contribution < 1.29 is 14.3 Å². The van der Waals surface area contributed by atoms with Crippen LogP contribution in [0, 0.1) is 13.8 Å². The number of aryl methyl sites for hydroxylation is 2. The first-order valence-corrected chi connectivity index (χ1v) is 8.34. The fraction of sp³-hybridized carbons (Fsp3) is 0.200. The molecule has 2 aromatic heterocycles. The highest BCUT2D eigenvalue weighted by Crippen LogP contribution is 2.22. The van der Waals surface area contributed by atoms with Crippen LogP contribution in [0.1, 0.15) is 20.1 Å². The van der Waals surface area contributed by atoms with E-state index in [-0.39, 0.29) is 6.61 Å². The number of hydrogen-bond donors (Lipinski definition) is 1. The van der Waals surface area contributed by atoms with Crippen molar-refractivity contribution in [2.45, 2.75) is 13.8 Å². The molecule has 0 saturated heterocycles. The summed E-state index contributed by atoms with van der Waals surface area (Å²) in [6, 6.07) is 7.09. The summed E-state index contributed by atoms with van der Waals surface area (Å²) < 4.78 is 13.3. The van der Waals surface area contributed by atoms with E-state index in [1.807, 2.05) is 19.9 Å². The third kappa shape index (κ3) is 3.38. The molecule has 1 N–H and O–H groups in total.